The van der Waals surface area contributed by atoms with E-state index in [1.807, 2.05) is 18.4 Å². The van der Waals surface area contributed by atoms with Crippen LogP contribution in [0, 0.1) is 18.8 Å². The topological polar surface area (TPSA) is 68.0 Å². The predicted octanol–water partition coefficient (Wildman–Crippen LogP) is 1.69. The number of aryl methyl sites for hydroxylation is 1. The normalized spacial score (nSPS) is 9.70. The lowest BCUT2D eigenvalue weighted by atomic mass is 10.2. The summed E-state index contributed by atoms with van der Waals surface area (Å²) in [6.45, 7) is 2.78. The number of thiophene rings is 1. The first-order valence-electron chi connectivity index (χ1n) is 6.17. The van der Waals surface area contributed by atoms with Gasteiger partial charge in [-0.05, 0) is 36.1 Å². The fourth-order valence-electron chi connectivity index (χ4n) is 1.66. The number of nitrogens with one attached hydrogen (secondary N) is 1. The molecule has 3 N–H and O–H groups in total. The highest BCUT2D eigenvalue weighted by Crippen LogP contribution is 2.15. The molecule has 0 aliphatic rings. The van der Waals surface area contributed by atoms with Gasteiger partial charge in [0.15, 0.2) is 0 Å². The molecule has 20 heavy (non-hydrogen) atoms. The van der Waals surface area contributed by atoms with Crippen LogP contribution in [0.5, 0.6) is 0 Å². The van der Waals surface area contributed by atoms with Gasteiger partial charge in [-0.2, -0.15) is 0 Å². The lowest BCUT2D eigenvalue weighted by Gasteiger charge is -2.05. The van der Waals surface area contributed by atoms with Gasteiger partial charge in [-0.1, -0.05) is 11.8 Å². The summed E-state index contributed by atoms with van der Waals surface area (Å²) in [6, 6.07) is 5.55. The fraction of sp³-hybridized carbons (Fsp3) is 0.200. The summed E-state index contributed by atoms with van der Waals surface area (Å²) in [5.41, 5.74) is 7.46. The van der Waals surface area contributed by atoms with Crippen LogP contribution in [0.2, 0.25) is 0 Å². The summed E-state index contributed by atoms with van der Waals surface area (Å²) >= 11 is 1.63. The summed E-state index contributed by atoms with van der Waals surface area (Å²) in [6.07, 6.45) is 1.58. The van der Waals surface area contributed by atoms with Gasteiger partial charge in [-0.25, -0.2) is 4.98 Å². The van der Waals surface area contributed by atoms with Crippen molar-refractivity contribution in [2.75, 3.05) is 6.54 Å². The van der Waals surface area contributed by atoms with E-state index in [1.165, 1.54) is 5.56 Å². The highest BCUT2D eigenvalue weighted by Gasteiger charge is 2.11. The molecule has 0 radical (unpaired) electrons. The van der Waals surface area contributed by atoms with Crippen molar-refractivity contribution in [3.05, 3.63) is 51.5 Å². The van der Waals surface area contributed by atoms with Crippen LogP contribution in [-0.2, 0) is 6.54 Å². The fourth-order valence-corrected chi connectivity index (χ4v) is 2.51. The monoisotopic (exact) mass is 285 g/mol. The minimum Gasteiger partial charge on any atom is -0.346 e. The molecule has 0 saturated carbocycles. The molecule has 0 unspecified atom stereocenters. The molecule has 0 fully saturated rings. The van der Waals surface area contributed by atoms with Gasteiger partial charge >= 0.3 is 0 Å². The quantitative estimate of drug-likeness (QED) is 0.843. The molecular formula is C15H15N3OS. The van der Waals surface area contributed by atoms with Crippen molar-refractivity contribution >= 4 is 17.2 Å². The Morgan fingerprint density at radius 2 is 2.35 bits per heavy atom. The molecule has 2 heterocycles. The number of pyridine rings is 1. The second kappa shape index (κ2) is 6.85. The van der Waals surface area contributed by atoms with E-state index in [0.717, 1.165) is 4.88 Å². The van der Waals surface area contributed by atoms with Crippen LogP contribution < -0.4 is 11.1 Å². The Morgan fingerprint density at radius 3 is 3.05 bits per heavy atom. The summed E-state index contributed by atoms with van der Waals surface area (Å²) in [5.74, 6) is 5.38. The van der Waals surface area contributed by atoms with Crippen molar-refractivity contribution < 1.29 is 4.79 Å². The number of amides is 1. The smallest absolute Gasteiger partial charge is 0.271 e. The van der Waals surface area contributed by atoms with E-state index in [9.17, 15) is 4.79 Å². The Morgan fingerprint density at radius 1 is 1.50 bits per heavy atom. The molecule has 4 nitrogen and oxygen atoms in total. The van der Waals surface area contributed by atoms with Gasteiger partial charge < -0.3 is 11.1 Å². The first kappa shape index (κ1) is 14.3. The van der Waals surface area contributed by atoms with E-state index >= 15 is 0 Å². The van der Waals surface area contributed by atoms with Crippen molar-refractivity contribution in [2.45, 2.75) is 13.5 Å². The maximum absolute atomic E-state index is 12.2. The van der Waals surface area contributed by atoms with Gasteiger partial charge in [0.1, 0.15) is 5.69 Å². The summed E-state index contributed by atoms with van der Waals surface area (Å²) in [7, 11) is 0. The average molecular weight is 285 g/mol. The number of carbonyl (C=O) groups is 1. The van der Waals surface area contributed by atoms with Crippen molar-refractivity contribution in [1.29, 1.82) is 0 Å². The van der Waals surface area contributed by atoms with Crippen molar-refractivity contribution in [3.8, 4) is 11.8 Å². The van der Waals surface area contributed by atoms with Crippen LogP contribution in [0.3, 0.4) is 0 Å². The number of carbonyl (C=O) groups excluding carboxylic acids is 1. The first-order valence-corrected chi connectivity index (χ1v) is 7.05. The molecule has 0 spiro atoms. The Hall–Kier alpha value is -2.16. The molecule has 5 heteroatoms. The molecule has 102 valence electrons. The molecule has 0 atom stereocenters. The van der Waals surface area contributed by atoms with E-state index in [2.05, 4.69) is 22.1 Å². The lowest BCUT2D eigenvalue weighted by Crippen LogP contribution is -2.24. The van der Waals surface area contributed by atoms with Crippen LogP contribution >= 0.6 is 11.3 Å². The molecule has 2 rings (SSSR count). The van der Waals surface area contributed by atoms with Crippen molar-refractivity contribution in [1.82, 2.24) is 10.3 Å². The van der Waals surface area contributed by atoms with E-state index in [-0.39, 0.29) is 12.5 Å². The Bertz CT molecular complexity index is 667. The molecule has 1 amide bonds. The highest BCUT2D eigenvalue weighted by molar-refractivity contribution is 7.10. The number of aromatic nitrogens is 1. The Balaban J connectivity index is 2.11. The van der Waals surface area contributed by atoms with Crippen LogP contribution in [0.1, 0.15) is 26.5 Å². The Kier molecular flexibility index (Phi) is 4.88. The zero-order chi connectivity index (χ0) is 14.4. The van der Waals surface area contributed by atoms with Gasteiger partial charge in [0.25, 0.3) is 5.91 Å². The summed E-state index contributed by atoms with van der Waals surface area (Å²) in [5, 5.41) is 4.88. The van der Waals surface area contributed by atoms with E-state index in [1.54, 1.807) is 29.7 Å². The zero-order valence-electron chi connectivity index (χ0n) is 11.1. The van der Waals surface area contributed by atoms with Gasteiger partial charge in [0, 0.05) is 11.1 Å². The number of rotatable bonds is 3. The van der Waals surface area contributed by atoms with Gasteiger partial charge in [0.05, 0.1) is 18.7 Å². The minimum atomic E-state index is -0.222. The van der Waals surface area contributed by atoms with Crippen LogP contribution in [-0.4, -0.2) is 17.4 Å². The zero-order valence-corrected chi connectivity index (χ0v) is 12.0. The Labute approximate surface area is 122 Å². The SMILES string of the molecule is Cc1ccsc1CNC(=O)c1ncccc1C#CCN. The molecule has 0 aliphatic heterocycles. The molecule has 0 aromatic carbocycles. The van der Waals surface area contributed by atoms with E-state index < -0.39 is 0 Å². The summed E-state index contributed by atoms with van der Waals surface area (Å²) in [4.78, 5) is 17.4. The molecule has 0 aliphatic carbocycles. The highest BCUT2D eigenvalue weighted by atomic mass is 32.1. The average Bonchev–Trinajstić information content (AvgIpc) is 2.88. The van der Waals surface area contributed by atoms with Crippen molar-refractivity contribution in [3.63, 3.8) is 0 Å². The van der Waals surface area contributed by atoms with Crippen molar-refractivity contribution in [2.24, 2.45) is 5.73 Å². The first-order chi connectivity index (χ1) is 9.72. The standard InChI is InChI=1S/C15H15N3OS/c1-11-6-9-20-13(11)10-18-15(19)14-12(4-2-7-16)5-3-8-17-14/h3,5-6,8-9H,7,10,16H2,1H3,(H,18,19). The third kappa shape index (κ3) is 3.44. The van der Waals surface area contributed by atoms with Crippen LogP contribution in [0.15, 0.2) is 29.8 Å². The van der Waals surface area contributed by atoms with Crippen LogP contribution in [0.25, 0.3) is 0 Å². The molecule has 0 saturated heterocycles. The molecule has 0 bridgehead atoms. The van der Waals surface area contributed by atoms with Crippen LogP contribution in [0.4, 0.5) is 0 Å². The number of hydrogen-bond acceptors (Lipinski definition) is 4. The van der Waals surface area contributed by atoms with E-state index in [4.69, 9.17) is 5.73 Å². The maximum Gasteiger partial charge on any atom is 0.271 e. The van der Waals surface area contributed by atoms with E-state index in [0.29, 0.717) is 17.8 Å². The summed E-state index contributed by atoms with van der Waals surface area (Å²) < 4.78 is 0. The van der Waals surface area contributed by atoms with Gasteiger partial charge in [-0.15, -0.1) is 11.3 Å². The number of nitrogens with two attached hydrogens (primary N) is 1. The molecular weight excluding hydrogens is 270 g/mol. The third-order valence-electron chi connectivity index (χ3n) is 2.73. The predicted molar refractivity (Wildman–Crippen MR) is 80.4 cm³/mol. The largest absolute Gasteiger partial charge is 0.346 e. The minimum absolute atomic E-state index is 0.222. The molecule has 2 aromatic heterocycles. The number of nitrogens with zero attached hydrogens (tertiary/aromatic N) is 1. The van der Waals surface area contributed by atoms with Gasteiger partial charge in [0.2, 0.25) is 0 Å². The third-order valence-corrected chi connectivity index (χ3v) is 3.75. The second-order valence-electron chi connectivity index (χ2n) is 4.11. The molecule has 2 aromatic rings. The maximum atomic E-state index is 12.2. The number of hydrogen-bond donors (Lipinski definition) is 2. The van der Waals surface area contributed by atoms with Gasteiger partial charge in [-0.3, -0.25) is 4.79 Å². The lowest BCUT2D eigenvalue weighted by molar-refractivity contribution is 0.0946. The second-order valence-corrected chi connectivity index (χ2v) is 5.12.